The lowest BCUT2D eigenvalue weighted by atomic mass is 10.1. The van der Waals surface area contributed by atoms with Gasteiger partial charge < -0.3 is 13.9 Å². The molecule has 0 aliphatic rings. The molecule has 0 atom stereocenters. The van der Waals surface area contributed by atoms with E-state index in [0.29, 0.717) is 22.2 Å². The average molecular weight is 278 g/mol. The Kier molecular flexibility index (Phi) is 4.16. The van der Waals surface area contributed by atoms with Gasteiger partial charge in [0.2, 0.25) is 0 Å². The molecule has 0 fully saturated rings. The Hall–Kier alpha value is -1.88. The maximum Gasteiger partial charge on any atom is 0.193 e. The fourth-order valence-corrected chi connectivity index (χ4v) is 2.08. The van der Waals surface area contributed by atoms with Crippen molar-refractivity contribution in [2.45, 2.75) is 5.09 Å². The van der Waals surface area contributed by atoms with E-state index in [1.165, 1.54) is 24.1 Å². The summed E-state index contributed by atoms with van der Waals surface area (Å²) in [5.41, 5.74) is 1.15. The van der Waals surface area contributed by atoms with Gasteiger partial charge in [-0.25, -0.2) is 0 Å². The van der Waals surface area contributed by atoms with Crippen LogP contribution in [0.3, 0.4) is 0 Å². The van der Waals surface area contributed by atoms with E-state index in [1.807, 2.05) is 6.26 Å². The van der Waals surface area contributed by atoms with Crippen molar-refractivity contribution in [1.82, 2.24) is 0 Å². The second kappa shape index (κ2) is 5.84. The van der Waals surface area contributed by atoms with E-state index in [-0.39, 0.29) is 5.43 Å². The first-order valence-corrected chi connectivity index (χ1v) is 6.81. The third kappa shape index (κ3) is 2.76. The SMILES string of the molecule is COc1ccc(-c2coc(SC)cc2=O)cc1OC. The van der Waals surface area contributed by atoms with Crippen LogP contribution < -0.4 is 14.9 Å². The minimum atomic E-state index is -0.0807. The van der Waals surface area contributed by atoms with Crippen molar-refractivity contribution in [2.75, 3.05) is 20.5 Å². The van der Waals surface area contributed by atoms with Gasteiger partial charge in [-0.2, -0.15) is 0 Å². The molecule has 19 heavy (non-hydrogen) atoms. The third-order valence-corrected chi connectivity index (χ3v) is 3.32. The van der Waals surface area contributed by atoms with Crippen molar-refractivity contribution < 1.29 is 13.9 Å². The Bertz CT molecular complexity index is 634. The summed E-state index contributed by atoms with van der Waals surface area (Å²) in [4.78, 5) is 12.0. The van der Waals surface area contributed by atoms with Gasteiger partial charge in [-0.1, -0.05) is 17.8 Å². The molecule has 5 heteroatoms. The van der Waals surface area contributed by atoms with Crippen LogP contribution in [0.25, 0.3) is 11.1 Å². The molecule has 0 amide bonds. The average Bonchev–Trinajstić information content (AvgIpc) is 2.46. The maximum absolute atomic E-state index is 12.0. The van der Waals surface area contributed by atoms with Crippen LogP contribution in [-0.4, -0.2) is 20.5 Å². The molecule has 1 aromatic heterocycles. The molecule has 1 heterocycles. The maximum atomic E-state index is 12.0. The highest BCUT2D eigenvalue weighted by molar-refractivity contribution is 7.98. The number of ether oxygens (including phenoxy) is 2. The summed E-state index contributed by atoms with van der Waals surface area (Å²) in [5, 5.41) is 0.592. The van der Waals surface area contributed by atoms with Crippen molar-refractivity contribution >= 4 is 11.8 Å². The zero-order valence-electron chi connectivity index (χ0n) is 10.9. The van der Waals surface area contributed by atoms with Crippen LogP contribution in [0.1, 0.15) is 0 Å². The summed E-state index contributed by atoms with van der Waals surface area (Å²) in [5.74, 6) is 1.20. The van der Waals surface area contributed by atoms with Gasteiger partial charge in [-0.3, -0.25) is 4.79 Å². The van der Waals surface area contributed by atoms with Crippen LogP contribution in [0.15, 0.2) is 44.8 Å². The molecular weight excluding hydrogens is 264 g/mol. The van der Waals surface area contributed by atoms with E-state index < -0.39 is 0 Å². The lowest BCUT2D eigenvalue weighted by molar-refractivity contribution is 0.355. The predicted molar refractivity (Wildman–Crippen MR) is 75.3 cm³/mol. The first-order valence-electron chi connectivity index (χ1n) is 5.59. The molecule has 0 saturated carbocycles. The number of methoxy groups -OCH3 is 2. The van der Waals surface area contributed by atoms with E-state index in [1.54, 1.807) is 32.4 Å². The molecule has 0 unspecified atom stereocenters. The summed E-state index contributed by atoms with van der Waals surface area (Å²) in [7, 11) is 3.13. The summed E-state index contributed by atoms with van der Waals surface area (Å²) in [6, 6.07) is 6.79. The molecule has 0 aliphatic carbocycles. The van der Waals surface area contributed by atoms with E-state index in [4.69, 9.17) is 13.9 Å². The Morgan fingerprint density at radius 3 is 2.42 bits per heavy atom. The number of hydrogen-bond acceptors (Lipinski definition) is 5. The topological polar surface area (TPSA) is 48.7 Å². The Morgan fingerprint density at radius 1 is 1.11 bits per heavy atom. The van der Waals surface area contributed by atoms with E-state index in [2.05, 4.69) is 0 Å². The van der Waals surface area contributed by atoms with Crippen LogP contribution in [0.2, 0.25) is 0 Å². The monoisotopic (exact) mass is 278 g/mol. The van der Waals surface area contributed by atoms with Crippen molar-refractivity contribution in [3.05, 3.63) is 40.8 Å². The van der Waals surface area contributed by atoms with Gasteiger partial charge in [0.1, 0.15) is 6.26 Å². The highest BCUT2D eigenvalue weighted by Gasteiger charge is 2.10. The molecule has 2 rings (SSSR count). The number of hydrogen-bond donors (Lipinski definition) is 0. The van der Waals surface area contributed by atoms with Crippen LogP contribution in [0, 0.1) is 0 Å². The molecular formula is C14H14O4S. The van der Waals surface area contributed by atoms with Crippen molar-refractivity contribution in [3.63, 3.8) is 0 Å². The van der Waals surface area contributed by atoms with Gasteiger partial charge in [0, 0.05) is 6.07 Å². The van der Waals surface area contributed by atoms with E-state index >= 15 is 0 Å². The molecule has 0 saturated heterocycles. The molecule has 100 valence electrons. The second-order valence-electron chi connectivity index (χ2n) is 3.75. The normalized spacial score (nSPS) is 10.3. The summed E-state index contributed by atoms with van der Waals surface area (Å²) in [6.45, 7) is 0. The first kappa shape index (κ1) is 13.5. The second-order valence-corrected chi connectivity index (χ2v) is 4.56. The minimum absolute atomic E-state index is 0.0807. The molecule has 0 aliphatic heterocycles. The quantitative estimate of drug-likeness (QED) is 0.804. The first-order chi connectivity index (χ1) is 9.19. The zero-order valence-corrected chi connectivity index (χ0v) is 11.7. The molecule has 0 bridgehead atoms. The Labute approximate surface area is 115 Å². The molecule has 0 spiro atoms. The Morgan fingerprint density at radius 2 is 1.84 bits per heavy atom. The lowest BCUT2D eigenvalue weighted by Gasteiger charge is -2.09. The zero-order chi connectivity index (χ0) is 13.8. The standard InChI is InChI=1S/C14H14O4S/c1-16-12-5-4-9(6-13(12)17-2)10-8-18-14(19-3)7-11(10)15/h4-8H,1-3H3. The highest BCUT2D eigenvalue weighted by Crippen LogP contribution is 2.31. The van der Waals surface area contributed by atoms with Crippen LogP contribution in [-0.2, 0) is 0 Å². The van der Waals surface area contributed by atoms with E-state index in [0.717, 1.165) is 5.56 Å². The number of rotatable bonds is 4. The fourth-order valence-electron chi connectivity index (χ4n) is 1.71. The van der Waals surface area contributed by atoms with Gasteiger partial charge in [-0.15, -0.1) is 0 Å². The number of benzene rings is 1. The fraction of sp³-hybridized carbons (Fsp3) is 0.214. The van der Waals surface area contributed by atoms with Crippen molar-refractivity contribution in [3.8, 4) is 22.6 Å². The van der Waals surface area contributed by atoms with Gasteiger partial charge in [0.25, 0.3) is 0 Å². The molecule has 0 N–H and O–H groups in total. The summed E-state index contributed by atoms with van der Waals surface area (Å²) >= 11 is 1.39. The molecule has 0 radical (unpaired) electrons. The third-order valence-electron chi connectivity index (χ3n) is 2.70. The molecule has 4 nitrogen and oxygen atoms in total. The molecule has 1 aromatic carbocycles. The van der Waals surface area contributed by atoms with Crippen molar-refractivity contribution in [1.29, 1.82) is 0 Å². The van der Waals surface area contributed by atoms with Gasteiger partial charge in [0.15, 0.2) is 22.0 Å². The van der Waals surface area contributed by atoms with Crippen LogP contribution in [0.4, 0.5) is 0 Å². The highest BCUT2D eigenvalue weighted by atomic mass is 32.2. The van der Waals surface area contributed by atoms with Gasteiger partial charge in [0.05, 0.1) is 19.8 Å². The minimum Gasteiger partial charge on any atom is -0.493 e. The van der Waals surface area contributed by atoms with Gasteiger partial charge >= 0.3 is 0 Å². The van der Waals surface area contributed by atoms with Crippen molar-refractivity contribution in [2.24, 2.45) is 0 Å². The summed E-state index contributed by atoms with van der Waals surface area (Å²) < 4.78 is 15.7. The predicted octanol–water partition coefficient (Wildman–Crippen LogP) is 3.05. The smallest absolute Gasteiger partial charge is 0.193 e. The number of thioether (sulfide) groups is 1. The van der Waals surface area contributed by atoms with E-state index in [9.17, 15) is 4.79 Å². The van der Waals surface area contributed by atoms with Crippen LogP contribution in [0.5, 0.6) is 11.5 Å². The lowest BCUT2D eigenvalue weighted by Crippen LogP contribution is -2.03. The molecule has 2 aromatic rings. The largest absolute Gasteiger partial charge is 0.493 e. The van der Waals surface area contributed by atoms with Gasteiger partial charge in [-0.05, 0) is 24.0 Å². The Balaban J connectivity index is 2.50. The van der Waals surface area contributed by atoms with Crippen LogP contribution >= 0.6 is 11.8 Å². The summed E-state index contributed by atoms with van der Waals surface area (Å²) in [6.07, 6.45) is 3.32.